The van der Waals surface area contributed by atoms with Crippen LogP contribution in [0.4, 0.5) is 39.4 Å². The molecule has 2 aromatic heterocycles. The number of hydrogen-bond donors (Lipinski definition) is 3. The molecule has 0 unspecified atom stereocenters. The molecular weight excluding hydrogens is 641 g/mol. The Balaban J connectivity index is 1.52. The van der Waals surface area contributed by atoms with Gasteiger partial charge >= 0.3 is 0 Å². The van der Waals surface area contributed by atoms with E-state index in [-0.39, 0.29) is 21.9 Å². The van der Waals surface area contributed by atoms with Crippen LogP contribution in [0.15, 0.2) is 45.3 Å². The SMILES string of the molecule is COc1c(Nc2cc(C)[nH]n2)nc(Sc2ccc(S(=O)(=O)C(C)(C)c3c(F)c(F)cc(F)c3F)cc2F)nc1N1CCNCC1. The second-order valence-electron chi connectivity index (χ2n) is 10.6. The van der Waals surface area contributed by atoms with Crippen LogP contribution in [0.5, 0.6) is 5.75 Å². The molecule has 1 aliphatic heterocycles. The van der Waals surface area contributed by atoms with Crippen LogP contribution < -0.4 is 20.3 Å². The van der Waals surface area contributed by atoms with Gasteiger partial charge in [0.05, 0.1) is 22.5 Å². The van der Waals surface area contributed by atoms with Gasteiger partial charge in [0.2, 0.25) is 5.75 Å². The quantitative estimate of drug-likeness (QED) is 0.124. The topological polar surface area (TPSA) is 125 Å². The molecule has 5 rings (SSSR count). The van der Waals surface area contributed by atoms with Gasteiger partial charge in [-0.15, -0.1) is 0 Å². The van der Waals surface area contributed by atoms with Gasteiger partial charge in [0.15, 0.2) is 55.7 Å². The van der Waals surface area contributed by atoms with E-state index in [2.05, 4.69) is 30.8 Å². The zero-order chi connectivity index (χ0) is 32.7. The number of methoxy groups -OCH3 is 1. The molecule has 0 spiro atoms. The number of aryl methyl sites for hydroxylation is 1. The summed E-state index contributed by atoms with van der Waals surface area (Å²) in [6, 6.07) is 4.56. The summed E-state index contributed by atoms with van der Waals surface area (Å²) >= 11 is 0.796. The molecule has 0 atom stereocenters. The number of nitrogens with one attached hydrogen (secondary N) is 3. The van der Waals surface area contributed by atoms with Crippen LogP contribution in [0.1, 0.15) is 25.1 Å². The normalized spacial score (nSPS) is 14.1. The number of halogens is 5. The average molecular weight is 670 g/mol. The lowest BCUT2D eigenvalue weighted by molar-refractivity contribution is 0.409. The van der Waals surface area contributed by atoms with Crippen LogP contribution in [-0.4, -0.2) is 61.9 Å². The molecule has 0 amide bonds. The van der Waals surface area contributed by atoms with Gasteiger partial charge in [-0.05, 0) is 50.7 Å². The predicted molar refractivity (Wildman–Crippen MR) is 157 cm³/mol. The van der Waals surface area contributed by atoms with Crippen molar-refractivity contribution in [1.82, 2.24) is 25.5 Å². The van der Waals surface area contributed by atoms with E-state index in [4.69, 9.17) is 4.74 Å². The molecular formula is C28H28F5N7O3S2. The Kier molecular flexibility index (Phi) is 8.97. The largest absolute Gasteiger partial charge is 0.490 e. The summed E-state index contributed by atoms with van der Waals surface area (Å²) < 4.78 is 103. The van der Waals surface area contributed by atoms with Gasteiger partial charge in [-0.25, -0.2) is 40.3 Å². The Labute approximate surface area is 259 Å². The number of H-pyrrole nitrogens is 1. The molecule has 17 heteroatoms. The molecule has 1 fully saturated rings. The number of piperazine rings is 1. The predicted octanol–water partition coefficient (Wildman–Crippen LogP) is 5.23. The molecule has 45 heavy (non-hydrogen) atoms. The molecule has 3 N–H and O–H groups in total. The standard InChI is InChI=1S/C28H28F5N7O3S2/c1-14-11-20(39-38-14)35-25-24(43-4)26(40-9-7-34-8-10-40)37-27(36-25)44-19-6-5-15(12-16(19)29)45(41,42)28(2,3)21-22(32)17(30)13-18(31)23(21)33/h5-6,11-13,34H,7-10H2,1-4H3,(H2,35,36,37,38,39). The van der Waals surface area contributed by atoms with Crippen molar-refractivity contribution in [3.63, 3.8) is 0 Å². The lowest BCUT2D eigenvalue weighted by atomic mass is 10.0. The van der Waals surface area contributed by atoms with Crippen LogP contribution in [0.2, 0.25) is 0 Å². The monoisotopic (exact) mass is 669 g/mol. The summed E-state index contributed by atoms with van der Waals surface area (Å²) in [6.07, 6.45) is 0. The van der Waals surface area contributed by atoms with Crippen LogP contribution in [0.25, 0.3) is 0 Å². The number of benzene rings is 2. The van der Waals surface area contributed by atoms with E-state index in [0.29, 0.717) is 49.6 Å². The molecule has 0 bridgehead atoms. The Morgan fingerprint density at radius 2 is 1.64 bits per heavy atom. The van der Waals surface area contributed by atoms with Crippen LogP contribution in [0, 0.1) is 36.0 Å². The molecule has 0 aliphatic carbocycles. The number of nitrogens with zero attached hydrogens (tertiary/aromatic N) is 4. The van der Waals surface area contributed by atoms with Crippen molar-refractivity contribution < 1.29 is 35.1 Å². The maximum absolute atomic E-state index is 15.5. The second-order valence-corrected chi connectivity index (χ2v) is 14.1. The number of ether oxygens (including phenoxy) is 1. The fourth-order valence-electron chi connectivity index (χ4n) is 4.79. The van der Waals surface area contributed by atoms with Gasteiger partial charge < -0.3 is 20.3 Å². The minimum absolute atomic E-state index is 0.0197. The van der Waals surface area contributed by atoms with Crippen LogP contribution in [-0.2, 0) is 14.6 Å². The summed E-state index contributed by atoms with van der Waals surface area (Å²) in [7, 11) is -3.33. The van der Waals surface area contributed by atoms with Crippen molar-refractivity contribution in [3.8, 4) is 5.75 Å². The fraction of sp³-hybridized carbons (Fsp3) is 0.321. The number of aromatic amines is 1. The average Bonchev–Trinajstić information content (AvgIpc) is 3.41. The third kappa shape index (κ3) is 6.15. The van der Waals surface area contributed by atoms with Crippen molar-refractivity contribution >= 4 is 39.1 Å². The maximum Gasteiger partial charge on any atom is 0.204 e. The first-order valence-corrected chi connectivity index (χ1v) is 15.8. The van der Waals surface area contributed by atoms with Gasteiger partial charge in [-0.3, -0.25) is 5.10 Å². The zero-order valence-corrected chi connectivity index (χ0v) is 26.1. The van der Waals surface area contributed by atoms with Gasteiger partial charge in [0, 0.05) is 44.0 Å². The third-order valence-electron chi connectivity index (χ3n) is 7.20. The Morgan fingerprint density at radius 1 is 0.978 bits per heavy atom. The molecule has 3 heterocycles. The highest BCUT2D eigenvalue weighted by Gasteiger charge is 2.44. The Hall–Kier alpha value is -3.96. The molecule has 240 valence electrons. The van der Waals surface area contributed by atoms with Crippen molar-refractivity contribution in [1.29, 1.82) is 0 Å². The van der Waals surface area contributed by atoms with E-state index in [1.54, 1.807) is 6.07 Å². The van der Waals surface area contributed by atoms with E-state index in [9.17, 15) is 26.0 Å². The number of aromatic nitrogens is 4. The lowest BCUT2D eigenvalue weighted by Crippen LogP contribution is -2.44. The van der Waals surface area contributed by atoms with Crippen molar-refractivity contribution in [3.05, 3.63) is 70.7 Å². The van der Waals surface area contributed by atoms with Gasteiger partial charge in [-0.1, -0.05) is 0 Å². The summed E-state index contributed by atoms with van der Waals surface area (Å²) in [5, 5.41) is 13.4. The van der Waals surface area contributed by atoms with Crippen molar-refractivity contribution in [2.75, 3.05) is 43.5 Å². The summed E-state index contributed by atoms with van der Waals surface area (Å²) in [5.41, 5.74) is -0.547. The van der Waals surface area contributed by atoms with E-state index in [0.717, 1.165) is 43.4 Å². The summed E-state index contributed by atoms with van der Waals surface area (Å²) in [6.45, 7) is 6.15. The highest BCUT2D eigenvalue weighted by molar-refractivity contribution is 7.99. The molecule has 10 nitrogen and oxygen atoms in total. The molecule has 0 saturated carbocycles. The lowest BCUT2D eigenvalue weighted by Gasteiger charge is -2.30. The Morgan fingerprint density at radius 3 is 2.22 bits per heavy atom. The van der Waals surface area contributed by atoms with E-state index in [1.807, 2.05) is 11.8 Å². The van der Waals surface area contributed by atoms with Crippen molar-refractivity contribution in [2.24, 2.45) is 0 Å². The minimum Gasteiger partial charge on any atom is -0.490 e. The van der Waals surface area contributed by atoms with Gasteiger partial charge in [-0.2, -0.15) is 5.10 Å². The molecule has 0 radical (unpaired) electrons. The highest BCUT2D eigenvalue weighted by Crippen LogP contribution is 2.42. The molecule has 4 aromatic rings. The number of hydrogen-bond acceptors (Lipinski definition) is 10. The minimum atomic E-state index is -4.79. The van der Waals surface area contributed by atoms with E-state index < -0.39 is 54.1 Å². The molecule has 1 aliphatic rings. The van der Waals surface area contributed by atoms with E-state index in [1.165, 1.54) is 7.11 Å². The number of rotatable bonds is 9. The van der Waals surface area contributed by atoms with Gasteiger partial charge in [0.1, 0.15) is 10.6 Å². The molecule has 2 aromatic carbocycles. The number of anilines is 3. The zero-order valence-electron chi connectivity index (χ0n) is 24.4. The smallest absolute Gasteiger partial charge is 0.204 e. The fourth-order valence-corrected chi connectivity index (χ4v) is 7.09. The highest BCUT2D eigenvalue weighted by atomic mass is 32.2. The summed E-state index contributed by atoms with van der Waals surface area (Å²) in [5.74, 6) is -6.78. The first kappa shape index (κ1) is 32.4. The molecule has 1 saturated heterocycles. The van der Waals surface area contributed by atoms with Crippen LogP contribution in [0.3, 0.4) is 0 Å². The summed E-state index contributed by atoms with van der Waals surface area (Å²) in [4.78, 5) is 10.4. The third-order valence-corrected chi connectivity index (χ3v) is 10.5. The maximum atomic E-state index is 15.5. The number of sulfone groups is 1. The Bertz CT molecular complexity index is 1840. The first-order chi connectivity index (χ1) is 21.2. The van der Waals surface area contributed by atoms with Gasteiger partial charge in [0.25, 0.3) is 0 Å². The van der Waals surface area contributed by atoms with Crippen LogP contribution >= 0.6 is 11.8 Å². The van der Waals surface area contributed by atoms with Crippen molar-refractivity contribution in [2.45, 2.75) is 40.5 Å². The second kappa shape index (κ2) is 12.4. The first-order valence-electron chi connectivity index (χ1n) is 13.5. The van der Waals surface area contributed by atoms with E-state index >= 15 is 4.39 Å².